The van der Waals surface area contributed by atoms with Gasteiger partial charge in [-0.3, -0.25) is 0 Å². The minimum absolute atomic E-state index is 0.349. The topological polar surface area (TPSA) is 58.4 Å². The minimum Gasteiger partial charge on any atom is -0.496 e. The Balaban J connectivity index is 2.27. The van der Waals surface area contributed by atoms with Crippen molar-refractivity contribution in [2.45, 2.75) is 0 Å². The number of halogens is 1. The lowest BCUT2D eigenvalue weighted by molar-refractivity contribution is -0.177. The van der Waals surface area contributed by atoms with E-state index in [0.29, 0.717) is 27.9 Å². The van der Waals surface area contributed by atoms with Crippen molar-refractivity contribution < 1.29 is 14.5 Å². The highest BCUT2D eigenvalue weighted by Gasteiger charge is 2.14. The average Bonchev–Trinajstić information content (AvgIpc) is 3.04. The first-order valence-electron chi connectivity index (χ1n) is 6.12. The fourth-order valence-corrected chi connectivity index (χ4v) is 2.28. The van der Waals surface area contributed by atoms with Crippen molar-refractivity contribution in [3.05, 3.63) is 41.7 Å². The molecular formula is C14H12ClN3O3. The molecule has 7 heteroatoms. The van der Waals surface area contributed by atoms with Gasteiger partial charge in [-0.1, -0.05) is 11.6 Å². The molecule has 2 aromatic heterocycles. The largest absolute Gasteiger partial charge is 0.496 e. The van der Waals surface area contributed by atoms with Gasteiger partial charge < -0.3 is 9.62 Å². The molecule has 0 radical (unpaired) electrons. The highest BCUT2D eigenvalue weighted by Crippen LogP contribution is 2.36. The predicted octanol–water partition coefficient (Wildman–Crippen LogP) is 3.02. The van der Waals surface area contributed by atoms with Gasteiger partial charge in [-0.15, -0.1) is 0 Å². The number of fused-ring (bicyclic) bond motifs is 1. The van der Waals surface area contributed by atoms with E-state index in [1.165, 1.54) is 7.11 Å². The molecule has 0 saturated carbocycles. The van der Waals surface area contributed by atoms with E-state index >= 15 is 0 Å². The van der Waals surface area contributed by atoms with E-state index in [9.17, 15) is 0 Å². The molecular weight excluding hydrogens is 294 g/mol. The monoisotopic (exact) mass is 305 g/mol. The second kappa shape index (κ2) is 5.59. The van der Waals surface area contributed by atoms with E-state index in [-0.39, 0.29) is 0 Å². The van der Waals surface area contributed by atoms with Crippen molar-refractivity contribution in [2.75, 3.05) is 14.2 Å². The summed E-state index contributed by atoms with van der Waals surface area (Å²) in [6, 6.07) is 7.12. The van der Waals surface area contributed by atoms with Gasteiger partial charge in [0.15, 0.2) is 11.6 Å². The number of ether oxygens (including phenoxy) is 1. The summed E-state index contributed by atoms with van der Waals surface area (Å²) in [5.74, 6) is 1.64. The van der Waals surface area contributed by atoms with Crippen LogP contribution in [0.5, 0.6) is 11.5 Å². The number of hydrogen-bond acceptors (Lipinski definition) is 5. The van der Waals surface area contributed by atoms with Crippen molar-refractivity contribution in [1.82, 2.24) is 14.8 Å². The summed E-state index contributed by atoms with van der Waals surface area (Å²) in [7, 11) is 3.00. The molecule has 0 atom stereocenters. The lowest BCUT2D eigenvalue weighted by Gasteiger charge is -2.11. The molecule has 3 aromatic rings. The van der Waals surface area contributed by atoms with Gasteiger partial charge in [0.2, 0.25) is 0 Å². The van der Waals surface area contributed by atoms with Gasteiger partial charge in [0.05, 0.1) is 19.7 Å². The lowest BCUT2D eigenvalue weighted by Crippen LogP contribution is -2.01. The first-order valence-corrected chi connectivity index (χ1v) is 6.50. The molecule has 0 amide bonds. The zero-order valence-corrected chi connectivity index (χ0v) is 12.2. The summed E-state index contributed by atoms with van der Waals surface area (Å²) in [5.41, 5.74) is 0.552. The van der Waals surface area contributed by atoms with Crippen molar-refractivity contribution in [3.8, 4) is 17.3 Å². The van der Waals surface area contributed by atoms with E-state index in [1.54, 1.807) is 36.3 Å². The molecule has 0 aliphatic carbocycles. The quantitative estimate of drug-likeness (QED) is 0.548. The van der Waals surface area contributed by atoms with Crippen molar-refractivity contribution in [3.63, 3.8) is 0 Å². The van der Waals surface area contributed by atoms with Gasteiger partial charge in [0.1, 0.15) is 10.8 Å². The summed E-state index contributed by atoms with van der Waals surface area (Å²) in [6.45, 7) is 0. The number of hydrogen-bond donors (Lipinski definition) is 0. The lowest BCUT2D eigenvalue weighted by atomic mass is 10.2. The van der Waals surface area contributed by atoms with Gasteiger partial charge in [0.25, 0.3) is 0 Å². The van der Waals surface area contributed by atoms with E-state index in [1.807, 2.05) is 12.1 Å². The van der Waals surface area contributed by atoms with Crippen LogP contribution in [-0.4, -0.2) is 29.0 Å². The van der Waals surface area contributed by atoms with E-state index in [2.05, 4.69) is 15.0 Å². The highest BCUT2D eigenvalue weighted by atomic mass is 35.5. The highest BCUT2D eigenvalue weighted by molar-refractivity contribution is 6.36. The molecule has 0 saturated heterocycles. The maximum atomic E-state index is 6.33. The van der Waals surface area contributed by atoms with E-state index in [0.717, 1.165) is 5.39 Å². The SMILES string of the molecule is COOc1ccc2c(OC)cc(-n3cccn3)nc2c1Cl. The Bertz CT molecular complexity index is 775. The summed E-state index contributed by atoms with van der Waals surface area (Å²) >= 11 is 6.33. The molecule has 0 N–H and O–H groups in total. The van der Waals surface area contributed by atoms with Crippen LogP contribution in [0.25, 0.3) is 16.7 Å². The van der Waals surface area contributed by atoms with Crippen LogP contribution in [0.1, 0.15) is 0 Å². The van der Waals surface area contributed by atoms with Crippen LogP contribution < -0.4 is 9.62 Å². The minimum atomic E-state index is 0.349. The first-order chi connectivity index (χ1) is 10.2. The second-order valence-electron chi connectivity index (χ2n) is 4.16. The van der Waals surface area contributed by atoms with Crippen molar-refractivity contribution >= 4 is 22.5 Å². The number of pyridine rings is 1. The molecule has 1 aromatic carbocycles. The van der Waals surface area contributed by atoms with Gasteiger partial charge >= 0.3 is 0 Å². The number of rotatable bonds is 4. The predicted molar refractivity (Wildman–Crippen MR) is 78.1 cm³/mol. The Morgan fingerprint density at radius 3 is 2.71 bits per heavy atom. The van der Waals surface area contributed by atoms with Gasteiger partial charge in [-0.2, -0.15) is 9.99 Å². The Labute approximate surface area is 125 Å². The molecule has 0 aliphatic rings. The van der Waals surface area contributed by atoms with Crippen LogP contribution in [0.3, 0.4) is 0 Å². The maximum Gasteiger partial charge on any atom is 0.186 e. The molecule has 0 unspecified atom stereocenters. The van der Waals surface area contributed by atoms with Crippen molar-refractivity contribution in [2.24, 2.45) is 0 Å². The maximum absolute atomic E-state index is 6.33. The summed E-state index contributed by atoms with van der Waals surface area (Å²) in [5, 5.41) is 5.28. The van der Waals surface area contributed by atoms with Crippen LogP contribution in [0, 0.1) is 0 Å². The smallest absolute Gasteiger partial charge is 0.186 e. The van der Waals surface area contributed by atoms with E-state index < -0.39 is 0 Å². The zero-order chi connectivity index (χ0) is 14.8. The molecule has 0 spiro atoms. The molecule has 21 heavy (non-hydrogen) atoms. The van der Waals surface area contributed by atoms with Crippen LogP contribution in [0.4, 0.5) is 0 Å². The van der Waals surface area contributed by atoms with Crippen LogP contribution in [0.2, 0.25) is 5.02 Å². The fraction of sp³-hybridized carbons (Fsp3) is 0.143. The molecule has 6 nitrogen and oxygen atoms in total. The average molecular weight is 306 g/mol. The van der Waals surface area contributed by atoms with Gasteiger partial charge in [0, 0.05) is 23.8 Å². The number of methoxy groups -OCH3 is 1. The Morgan fingerprint density at radius 2 is 2.05 bits per heavy atom. The summed E-state index contributed by atoms with van der Waals surface area (Å²) in [4.78, 5) is 14.2. The molecule has 0 aliphatic heterocycles. The van der Waals surface area contributed by atoms with E-state index in [4.69, 9.17) is 21.2 Å². The Morgan fingerprint density at radius 1 is 1.19 bits per heavy atom. The first kappa shape index (κ1) is 13.7. The number of benzene rings is 1. The molecule has 0 bridgehead atoms. The van der Waals surface area contributed by atoms with Crippen molar-refractivity contribution in [1.29, 1.82) is 0 Å². The molecule has 3 rings (SSSR count). The third kappa shape index (κ3) is 2.39. The Kier molecular flexibility index (Phi) is 3.64. The zero-order valence-electron chi connectivity index (χ0n) is 11.4. The molecule has 2 heterocycles. The molecule has 0 fully saturated rings. The second-order valence-corrected chi connectivity index (χ2v) is 4.54. The summed E-state index contributed by atoms with van der Waals surface area (Å²) in [6.07, 6.45) is 3.46. The fourth-order valence-electron chi connectivity index (χ4n) is 2.04. The third-order valence-corrected chi connectivity index (χ3v) is 3.33. The number of nitrogens with zero attached hydrogens (tertiary/aromatic N) is 3. The Hall–Kier alpha value is -2.31. The van der Waals surface area contributed by atoms with Crippen LogP contribution >= 0.6 is 11.6 Å². The van der Waals surface area contributed by atoms with Crippen LogP contribution in [-0.2, 0) is 4.89 Å². The number of aromatic nitrogens is 3. The van der Waals surface area contributed by atoms with Crippen LogP contribution in [0.15, 0.2) is 36.7 Å². The normalized spacial score (nSPS) is 10.8. The van der Waals surface area contributed by atoms with Gasteiger partial charge in [-0.25, -0.2) is 9.67 Å². The standard InChI is InChI=1S/C14H12ClN3O3/c1-19-11-8-12(18-7-3-6-16-18)17-14-9(11)4-5-10(13(14)15)21-20-2/h3-8H,1-2H3. The van der Waals surface area contributed by atoms with Gasteiger partial charge in [-0.05, 0) is 18.2 Å². The third-order valence-electron chi connectivity index (χ3n) is 2.96. The summed E-state index contributed by atoms with van der Waals surface area (Å²) < 4.78 is 7.04. The molecule has 108 valence electrons.